The van der Waals surface area contributed by atoms with Crippen molar-refractivity contribution in [3.05, 3.63) is 34.9 Å². The van der Waals surface area contributed by atoms with E-state index >= 15 is 0 Å². The number of hydrazine groups is 1. The van der Waals surface area contributed by atoms with Crippen molar-refractivity contribution in [3.8, 4) is 0 Å². The first-order valence-corrected chi connectivity index (χ1v) is 6.99. The predicted octanol–water partition coefficient (Wildman–Crippen LogP) is 3.60. The number of halogens is 2. The van der Waals surface area contributed by atoms with Crippen molar-refractivity contribution in [2.75, 3.05) is 0 Å². The molecule has 106 valence electrons. The van der Waals surface area contributed by atoms with Crippen molar-refractivity contribution in [1.29, 1.82) is 0 Å². The van der Waals surface area contributed by atoms with E-state index in [0.717, 1.165) is 25.7 Å². The minimum Gasteiger partial charge on any atom is -0.271 e. The smallest absolute Gasteiger partial charge is 0.133 e. The quantitative estimate of drug-likeness (QED) is 0.646. The summed E-state index contributed by atoms with van der Waals surface area (Å²) in [5.74, 6) is 5.46. The fourth-order valence-corrected chi connectivity index (χ4v) is 3.21. The molecule has 3 N–H and O–H groups in total. The molecule has 1 aromatic carbocycles. The molecular formula is C15H22F2N2. The summed E-state index contributed by atoms with van der Waals surface area (Å²) in [5.41, 5.74) is 3.19. The monoisotopic (exact) mass is 268 g/mol. The van der Waals surface area contributed by atoms with E-state index in [1.165, 1.54) is 12.1 Å². The number of benzene rings is 1. The van der Waals surface area contributed by atoms with Crippen molar-refractivity contribution >= 4 is 0 Å². The molecule has 1 fully saturated rings. The van der Waals surface area contributed by atoms with E-state index in [2.05, 4.69) is 12.3 Å². The number of nitrogens with one attached hydrogen (secondary N) is 1. The Labute approximate surface area is 113 Å². The lowest BCUT2D eigenvalue weighted by molar-refractivity contribution is 0.337. The Bertz CT molecular complexity index is 448. The van der Waals surface area contributed by atoms with Gasteiger partial charge in [0.1, 0.15) is 11.6 Å². The van der Waals surface area contributed by atoms with Crippen LogP contribution in [-0.2, 0) is 0 Å². The van der Waals surface area contributed by atoms with Crippen molar-refractivity contribution in [2.24, 2.45) is 17.7 Å². The van der Waals surface area contributed by atoms with E-state index in [1.807, 2.05) is 0 Å². The molecule has 0 spiro atoms. The molecule has 0 radical (unpaired) electrons. The molecule has 0 aromatic heterocycles. The molecule has 0 amide bonds. The Balaban J connectivity index is 2.30. The molecule has 0 heterocycles. The number of nitrogens with two attached hydrogens (primary N) is 1. The SMILES string of the molecule is CCC1CCC(C(NN)c2c(F)ccc(C)c2F)C1. The molecular weight excluding hydrogens is 246 g/mol. The van der Waals surface area contributed by atoms with Crippen molar-refractivity contribution in [1.82, 2.24) is 5.43 Å². The molecule has 4 heteroatoms. The van der Waals surface area contributed by atoms with Crippen LogP contribution in [0.3, 0.4) is 0 Å². The third-order valence-electron chi connectivity index (χ3n) is 4.44. The lowest BCUT2D eigenvalue weighted by Crippen LogP contribution is -2.34. The van der Waals surface area contributed by atoms with E-state index < -0.39 is 17.7 Å². The molecule has 1 aliphatic rings. The second kappa shape index (κ2) is 5.97. The molecule has 1 saturated carbocycles. The summed E-state index contributed by atoms with van der Waals surface area (Å²) in [7, 11) is 0. The van der Waals surface area contributed by atoms with Gasteiger partial charge < -0.3 is 0 Å². The summed E-state index contributed by atoms with van der Waals surface area (Å²) in [6.45, 7) is 3.81. The van der Waals surface area contributed by atoms with E-state index in [9.17, 15) is 8.78 Å². The molecule has 3 atom stereocenters. The molecule has 0 bridgehead atoms. The summed E-state index contributed by atoms with van der Waals surface area (Å²) < 4.78 is 28.2. The van der Waals surface area contributed by atoms with Gasteiger partial charge >= 0.3 is 0 Å². The first-order valence-electron chi connectivity index (χ1n) is 6.99. The van der Waals surface area contributed by atoms with Gasteiger partial charge in [0.2, 0.25) is 0 Å². The van der Waals surface area contributed by atoms with Crippen molar-refractivity contribution < 1.29 is 8.78 Å². The van der Waals surface area contributed by atoms with Gasteiger partial charge in [-0.05, 0) is 43.2 Å². The van der Waals surface area contributed by atoms with E-state index in [0.29, 0.717) is 11.5 Å². The van der Waals surface area contributed by atoms with Gasteiger partial charge in [-0.1, -0.05) is 25.8 Å². The standard InChI is InChI=1S/C15H22F2N2/c1-3-10-5-6-11(8-10)15(19-18)13-12(16)7-4-9(2)14(13)17/h4,7,10-11,15,19H,3,5-6,8,18H2,1-2H3. The lowest BCUT2D eigenvalue weighted by Gasteiger charge is -2.25. The first kappa shape index (κ1) is 14.4. The fourth-order valence-electron chi connectivity index (χ4n) is 3.21. The van der Waals surface area contributed by atoms with E-state index in [-0.39, 0.29) is 11.5 Å². The molecule has 2 nitrogen and oxygen atoms in total. The number of aryl methyl sites for hydroxylation is 1. The zero-order chi connectivity index (χ0) is 14.0. The first-order chi connectivity index (χ1) is 9.08. The van der Waals surface area contributed by atoms with Crippen LogP contribution in [0, 0.1) is 30.4 Å². The number of hydrogen-bond donors (Lipinski definition) is 2. The van der Waals surface area contributed by atoms with Gasteiger partial charge in [0.15, 0.2) is 0 Å². The van der Waals surface area contributed by atoms with Crippen LogP contribution in [-0.4, -0.2) is 0 Å². The maximum Gasteiger partial charge on any atom is 0.133 e. The molecule has 1 aliphatic carbocycles. The van der Waals surface area contributed by atoms with Gasteiger partial charge in [-0.3, -0.25) is 11.3 Å². The maximum atomic E-state index is 14.2. The zero-order valence-corrected chi connectivity index (χ0v) is 11.5. The highest BCUT2D eigenvalue weighted by atomic mass is 19.1. The largest absolute Gasteiger partial charge is 0.271 e. The lowest BCUT2D eigenvalue weighted by atomic mass is 9.89. The van der Waals surface area contributed by atoms with Gasteiger partial charge in [-0.25, -0.2) is 8.78 Å². The average Bonchev–Trinajstić information content (AvgIpc) is 2.87. The zero-order valence-electron chi connectivity index (χ0n) is 11.5. The van der Waals surface area contributed by atoms with E-state index in [1.54, 1.807) is 6.92 Å². The molecule has 2 rings (SSSR count). The number of hydrogen-bond acceptors (Lipinski definition) is 2. The van der Waals surface area contributed by atoms with Crippen LogP contribution in [0.4, 0.5) is 8.78 Å². The van der Waals surface area contributed by atoms with Crippen molar-refractivity contribution in [3.63, 3.8) is 0 Å². The van der Waals surface area contributed by atoms with Gasteiger partial charge in [0.05, 0.1) is 6.04 Å². The minimum atomic E-state index is -0.508. The van der Waals surface area contributed by atoms with Gasteiger partial charge in [0, 0.05) is 5.56 Å². The fraction of sp³-hybridized carbons (Fsp3) is 0.600. The summed E-state index contributed by atoms with van der Waals surface area (Å²) >= 11 is 0. The molecule has 1 aromatic rings. The minimum absolute atomic E-state index is 0.101. The van der Waals surface area contributed by atoms with Crippen LogP contribution in [0.5, 0.6) is 0 Å². The highest BCUT2D eigenvalue weighted by Gasteiger charge is 2.33. The van der Waals surface area contributed by atoms with Crippen LogP contribution in [0.1, 0.15) is 49.8 Å². The van der Waals surface area contributed by atoms with Gasteiger partial charge in [0.25, 0.3) is 0 Å². The summed E-state index contributed by atoms with van der Waals surface area (Å²) in [4.78, 5) is 0. The second-order valence-corrected chi connectivity index (χ2v) is 5.58. The van der Waals surface area contributed by atoms with Gasteiger partial charge in [-0.2, -0.15) is 0 Å². The average molecular weight is 268 g/mol. The van der Waals surface area contributed by atoms with Gasteiger partial charge in [-0.15, -0.1) is 0 Å². The predicted molar refractivity (Wildman–Crippen MR) is 72.3 cm³/mol. The molecule has 3 unspecified atom stereocenters. The summed E-state index contributed by atoms with van der Waals surface area (Å²) in [6, 6.07) is 2.35. The van der Waals surface area contributed by atoms with Crippen LogP contribution < -0.4 is 11.3 Å². The summed E-state index contributed by atoms with van der Waals surface area (Å²) in [5, 5.41) is 0. The Kier molecular flexibility index (Phi) is 4.53. The Morgan fingerprint density at radius 3 is 2.68 bits per heavy atom. The molecule has 0 aliphatic heterocycles. The third kappa shape index (κ3) is 2.79. The highest BCUT2D eigenvalue weighted by molar-refractivity contribution is 5.29. The van der Waals surface area contributed by atoms with Crippen LogP contribution >= 0.6 is 0 Å². The van der Waals surface area contributed by atoms with Crippen LogP contribution in [0.15, 0.2) is 12.1 Å². The topological polar surface area (TPSA) is 38.0 Å². The highest BCUT2D eigenvalue weighted by Crippen LogP contribution is 2.41. The molecule has 19 heavy (non-hydrogen) atoms. The van der Waals surface area contributed by atoms with Crippen LogP contribution in [0.25, 0.3) is 0 Å². The summed E-state index contributed by atoms with van der Waals surface area (Å²) in [6.07, 6.45) is 4.19. The number of rotatable bonds is 4. The van der Waals surface area contributed by atoms with Crippen LogP contribution in [0.2, 0.25) is 0 Å². The Hall–Kier alpha value is -1.00. The van der Waals surface area contributed by atoms with E-state index in [4.69, 9.17) is 5.84 Å². The van der Waals surface area contributed by atoms with Crippen molar-refractivity contribution in [2.45, 2.75) is 45.6 Å². The maximum absolute atomic E-state index is 14.2. The second-order valence-electron chi connectivity index (χ2n) is 5.58. The Morgan fingerprint density at radius 2 is 2.11 bits per heavy atom. The normalized spacial score (nSPS) is 24.7. The third-order valence-corrected chi connectivity index (χ3v) is 4.44. The Morgan fingerprint density at radius 1 is 1.37 bits per heavy atom. The molecule has 0 saturated heterocycles.